The minimum Gasteiger partial charge on any atom is -0.339 e. The number of urea groups is 1. The molecule has 1 aromatic heterocycles. The zero-order valence-electron chi connectivity index (χ0n) is 21.3. The zero-order chi connectivity index (χ0) is 25.9. The number of rotatable bonds is 5. The maximum Gasteiger partial charge on any atom is 0.322 e. The lowest BCUT2D eigenvalue weighted by molar-refractivity contribution is -0.134. The molecule has 1 N–H and O–H groups in total. The molecule has 8 heteroatoms. The highest BCUT2D eigenvalue weighted by Gasteiger charge is 2.32. The average Bonchev–Trinajstić information content (AvgIpc) is 3.37. The van der Waals surface area contributed by atoms with Gasteiger partial charge < -0.3 is 15.1 Å². The van der Waals surface area contributed by atoms with E-state index in [2.05, 4.69) is 21.7 Å². The molecule has 194 valence electrons. The van der Waals surface area contributed by atoms with E-state index in [4.69, 9.17) is 0 Å². The Morgan fingerprint density at radius 1 is 1.08 bits per heavy atom. The summed E-state index contributed by atoms with van der Waals surface area (Å²) in [6, 6.07) is 16.4. The molecule has 2 aliphatic heterocycles. The molecule has 0 aliphatic carbocycles. The number of nitrogens with zero attached hydrogens (tertiary/aromatic N) is 3. The predicted molar refractivity (Wildman–Crippen MR) is 145 cm³/mol. The Bertz CT molecular complexity index is 1260. The molecule has 3 heterocycles. The first-order valence-electron chi connectivity index (χ1n) is 12.9. The third kappa shape index (κ3) is 5.70. The molecular weight excluding hydrogens is 487 g/mol. The van der Waals surface area contributed by atoms with Crippen LogP contribution in [0.4, 0.5) is 14.9 Å². The lowest BCUT2D eigenvalue weighted by atomic mass is 9.93. The maximum absolute atomic E-state index is 14.1. The number of carbonyl (C=O) groups is 2. The van der Waals surface area contributed by atoms with E-state index >= 15 is 0 Å². The van der Waals surface area contributed by atoms with Crippen molar-refractivity contribution >= 4 is 29.0 Å². The van der Waals surface area contributed by atoms with Gasteiger partial charge in [-0.05, 0) is 67.1 Å². The van der Waals surface area contributed by atoms with E-state index in [1.165, 1.54) is 16.5 Å². The first kappa shape index (κ1) is 25.4. The highest BCUT2D eigenvalue weighted by atomic mass is 32.1. The van der Waals surface area contributed by atoms with Gasteiger partial charge in [-0.2, -0.15) is 0 Å². The summed E-state index contributed by atoms with van der Waals surface area (Å²) in [7, 11) is 0. The van der Waals surface area contributed by atoms with Crippen molar-refractivity contribution in [2.45, 2.75) is 38.8 Å². The molecule has 1 saturated heterocycles. The van der Waals surface area contributed by atoms with Gasteiger partial charge in [0.15, 0.2) is 0 Å². The molecule has 3 aromatic rings. The van der Waals surface area contributed by atoms with Crippen LogP contribution in [0.2, 0.25) is 0 Å². The summed E-state index contributed by atoms with van der Waals surface area (Å²) >= 11 is 1.75. The first-order chi connectivity index (χ1) is 17.9. The molecule has 0 radical (unpaired) electrons. The number of fused-ring (bicyclic) bond motifs is 1. The molecule has 0 saturated carbocycles. The van der Waals surface area contributed by atoms with Gasteiger partial charge in [0.2, 0.25) is 5.91 Å². The number of thiophene rings is 1. The van der Waals surface area contributed by atoms with E-state index in [0.29, 0.717) is 32.6 Å². The summed E-state index contributed by atoms with van der Waals surface area (Å²) in [4.78, 5) is 33.3. The molecule has 2 aromatic carbocycles. The summed E-state index contributed by atoms with van der Waals surface area (Å²) < 4.78 is 14.1. The topological polar surface area (TPSA) is 55.9 Å². The number of hydrogen-bond acceptors (Lipinski definition) is 4. The van der Waals surface area contributed by atoms with Crippen LogP contribution in [-0.2, 0) is 11.2 Å². The number of hydrogen-bond donors (Lipinski definition) is 1. The molecular formula is C29H33FN4O2S. The van der Waals surface area contributed by atoms with Gasteiger partial charge in [0.05, 0.1) is 6.04 Å². The van der Waals surface area contributed by atoms with E-state index in [0.717, 1.165) is 29.8 Å². The highest BCUT2D eigenvalue weighted by molar-refractivity contribution is 7.10. The van der Waals surface area contributed by atoms with Crippen molar-refractivity contribution in [1.82, 2.24) is 14.7 Å². The van der Waals surface area contributed by atoms with E-state index in [1.54, 1.807) is 28.4 Å². The number of nitrogens with one attached hydrogen (secondary N) is 1. The number of halogens is 1. The minimum atomic E-state index is -0.242. The van der Waals surface area contributed by atoms with Crippen molar-refractivity contribution in [3.05, 3.63) is 87.4 Å². The summed E-state index contributed by atoms with van der Waals surface area (Å²) in [5.41, 5.74) is 4.05. The second-order valence-corrected chi connectivity index (χ2v) is 11.0. The van der Waals surface area contributed by atoms with Crippen LogP contribution in [0, 0.1) is 12.7 Å². The van der Waals surface area contributed by atoms with Gasteiger partial charge in [-0.25, -0.2) is 9.18 Å². The number of anilines is 1. The SMILES string of the molecule is Cc1ccc(NC(=O)N2CCN(C(=O)CCN3CCc4sccc4[C@@H]3c3cccc(F)c3)C[C@H]2C)cc1. The number of carbonyl (C=O) groups excluding carboxylic acids is 2. The standard InChI is InChI=1S/C29H33FN4O2S/c1-20-6-8-24(9-7-20)31-29(36)34-16-15-33(19-21(34)2)27(35)11-14-32-13-10-26-25(12-17-37-26)28(32)22-4-3-5-23(30)18-22/h3-9,12,17-18,21,28H,10-11,13-16,19H2,1-2H3,(H,31,36)/t21-,28+/m1/s1. The van der Waals surface area contributed by atoms with Gasteiger partial charge >= 0.3 is 6.03 Å². The minimum absolute atomic E-state index is 0.0419. The largest absolute Gasteiger partial charge is 0.339 e. The Labute approximate surface area is 221 Å². The van der Waals surface area contributed by atoms with Gasteiger partial charge in [-0.3, -0.25) is 9.69 Å². The van der Waals surface area contributed by atoms with Crippen LogP contribution in [0.15, 0.2) is 60.0 Å². The van der Waals surface area contributed by atoms with Crippen LogP contribution in [-0.4, -0.2) is 65.4 Å². The Morgan fingerprint density at radius 2 is 1.89 bits per heavy atom. The summed E-state index contributed by atoms with van der Waals surface area (Å²) in [6.07, 6.45) is 1.34. The van der Waals surface area contributed by atoms with Gasteiger partial charge in [0.25, 0.3) is 0 Å². The summed E-state index contributed by atoms with van der Waals surface area (Å²) in [5, 5.41) is 5.06. The van der Waals surface area contributed by atoms with E-state index < -0.39 is 0 Å². The fourth-order valence-corrected chi connectivity index (χ4v) is 6.30. The van der Waals surface area contributed by atoms with Crippen LogP contribution in [0.25, 0.3) is 0 Å². The summed E-state index contributed by atoms with van der Waals surface area (Å²) in [5.74, 6) is -0.145. The van der Waals surface area contributed by atoms with E-state index in [1.807, 2.05) is 49.1 Å². The molecule has 3 amide bonds. The molecule has 0 bridgehead atoms. The fraction of sp³-hybridized carbons (Fsp3) is 0.379. The van der Waals surface area contributed by atoms with Crippen molar-refractivity contribution in [3.8, 4) is 0 Å². The molecule has 0 spiro atoms. The number of piperazine rings is 1. The van der Waals surface area contributed by atoms with Crippen molar-refractivity contribution in [3.63, 3.8) is 0 Å². The zero-order valence-corrected chi connectivity index (χ0v) is 22.1. The second kappa shape index (κ2) is 11.0. The Morgan fingerprint density at radius 3 is 2.65 bits per heavy atom. The van der Waals surface area contributed by atoms with Crippen LogP contribution in [0.5, 0.6) is 0 Å². The smallest absolute Gasteiger partial charge is 0.322 e. The third-order valence-electron chi connectivity index (χ3n) is 7.39. The van der Waals surface area contributed by atoms with Crippen molar-refractivity contribution in [2.75, 3.05) is 38.0 Å². The van der Waals surface area contributed by atoms with Crippen LogP contribution in [0.3, 0.4) is 0 Å². The van der Waals surface area contributed by atoms with Crippen molar-refractivity contribution in [2.24, 2.45) is 0 Å². The highest BCUT2D eigenvalue weighted by Crippen LogP contribution is 2.38. The Balaban J connectivity index is 1.18. The van der Waals surface area contributed by atoms with Crippen molar-refractivity contribution in [1.29, 1.82) is 0 Å². The average molecular weight is 521 g/mol. The number of aryl methyl sites for hydroxylation is 1. The van der Waals surface area contributed by atoms with Crippen molar-refractivity contribution < 1.29 is 14.0 Å². The number of benzene rings is 2. The molecule has 5 rings (SSSR count). The Kier molecular flexibility index (Phi) is 7.58. The quantitative estimate of drug-likeness (QED) is 0.497. The normalized spacial score (nSPS) is 20.0. The van der Waals surface area contributed by atoms with Gasteiger partial charge in [-0.15, -0.1) is 11.3 Å². The monoisotopic (exact) mass is 520 g/mol. The lowest BCUT2D eigenvalue weighted by Gasteiger charge is -2.40. The molecule has 1 fully saturated rings. The predicted octanol–water partition coefficient (Wildman–Crippen LogP) is 5.30. The van der Waals surface area contributed by atoms with E-state index in [9.17, 15) is 14.0 Å². The van der Waals surface area contributed by atoms with Crippen LogP contribution in [0.1, 0.15) is 41.0 Å². The molecule has 0 unspecified atom stereocenters. The Hall–Kier alpha value is -3.23. The molecule has 2 atom stereocenters. The lowest BCUT2D eigenvalue weighted by Crippen LogP contribution is -2.56. The molecule has 37 heavy (non-hydrogen) atoms. The third-order valence-corrected chi connectivity index (χ3v) is 8.38. The molecule has 2 aliphatic rings. The second-order valence-electron chi connectivity index (χ2n) is 9.97. The summed E-state index contributed by atoms with van der Waals surface area (Å²) in [6.45, 7) is 6.98. The van der Waals surface area contributed by atoms with Crippen LogP contribution < -0.4 is 5.32 Å². The van der Waals surface area contributed by atoms with Crippen LogP contribution >= 0.6 is 11.3 Å². The fourth-order valence-electron chi connectivity index (χ4n) is 5.39. The maximum atomic E-state index is 14.1. The number of amides is 3. The van der Waals surface area contributed by atoms with Gasteiger partial charge in [0.1, 0.15) is 5.82 Å². The van der Waals surface area contributed by atoms with E-state index in [-0.39, 0.29) is 29.8 Å². The first-order valence-corrected chi connectivity index (χ1v) is 13.7. The van der Waals surface area contributed by atoms with Gasteiger partial charge in [-0.1, -0.05) is 29.8 Å². The van der Waals surface area contributed by atoms with Gasteiger partial charge in [0, 0.05) is 55.8 Å². The molecule has 6 nitrogen and oxygen atoms in total.